The minimum Gasteiger partial charge on any atom is -0.476 e. The first-order valence-electron chi connectivity index (χ1n) is 5.59. The number of hydrogen-bond donors (Lipinski definition) is 1. The monoisotopic (exact) mass is 332 g/mol. The van der Waals surface area contributed by atoms with Crippen molar-refractivity contribution in [2.24, 2.45) is 10.2 Å². The van der Waals surface area contributed by atoms with Gasteiger partial charge in [0.1, 0.15) is 0 Å². The fraction of sp³-hybridized carbons (Fsp3) is 0.182. The van der Waals surface area contributed by atoms with Crippen LogP contribution in [0.5, 0.6) is 0 Å². The van der Waals surface area contributed by atoms with Crippen LogP contribution in [-0.2, 0) is 9.53 Å². The van der Waals surface area contributed by atoms with Crippen LogP contribution in [0.15, 0.2) is 45.4 Å². The van der Waals surface area contributed by atoms with Crippen molar-refractivity contribution in [3.63, 3.8) is 0 Å². The maximum atomic E-state index is 11.3. The number of benzene rings is 1. The topological polar surface area (TPSA) is 106 Å². The van der Waals surface area contributed by atoms with E-state index in [9.17, 15) is 14.9 Å². The maximum Gasteiger partial charge on any atom is 0.282 e. The Labute approximate surface area is 129 Å². The molecule has 0 heterocycles. The summed E-state index contributed by atoms with van der Waals surface area (Å²) in [7, 11) is 0. The molecule has 0 spiro atoms. The van der Waals surface area contributed by atoms with Crippen LogP contribution in [0, 0.1) is 10.1 Å². The molecule has 1 aromatic rings. The standard InChI is InChI=1S/C11H10Cl2N4O4/c1-2-21-11(9(12)10(18)14-13)16-15-7-3-5-8(6-4-7)17(19)20/h3-6H,2H2,1H3,(H,14,18)/b11-9-,16-15?. The van der Waals surface area contributed by atoms with Gasteiger partial charge < -0.3 is 4.74 Å². The number of nitrogens with zero attached hydrogens (tertiary/aromatic N) is 3. The molecule has 0 saturated heterocycles. The molecule has 0 atom stereocenters. The molecule has 1 amide bonds. The highest BCUT2D eigenvalue weighted by Gasteiger charge is 2.14. The highest BCUT2D eigenvalue weighted by molar-refractivity contribution is 6.45. The number of rotatable bonds is 6. The quantitative estimate of drug-likeness (QED) is 0.215. The van der Waals surface area contributed by atoms with Gasteiger partial charge in [-0.1, -0.05) is 11.6 Å². The number of nitro benzene ring substituents is 1. The molecule has 0 radical (unpaired) electrons. The Bertz CT molecular complexity index is 586. The molecule has 1 N–H and O–H groups in total. The van der Waals surface area contributed by atoms with Crippen molar-refractivity contribution in [1.82, 2.24) is 4.84 Å². The number of ether oxygens (including phenoxy) is 1. The summed E-state index contributed by atoms with van der Waals surface area (Å²) in [5.74, 6) is -1.000. The number of carbonyl (C=O) groups is 1. The molecule has 0 aromatic heterocycles. The van der Waals surface area contributed by atoms with E-state index >= 15 is 0 Å². The van der Waals surface area contributed by atoms with E-state index in [2.05, 4.69) is 10.2 Å². The number of nitrogens with one attached hydrogen (secondary N) is 1. The summed E-state index contributed by atoms with van der Waals surface area (Å²) in [5, 5.41) is 17.6. The smallest absolute Gasteiger partial charge is 0.282 e. The summed E-state index contributed by atoms with van der Waals surface area (Å²) in [5.41, 5.74) is 0.252. The van der Waals surface area contributed by atoms with Gasteiger partial charge in [0.2, 0.25) is 0 Å². The van der Waals surface area contributed by atoms with Crippen molar-refractivity contribution in [2.45, 2.75) is 6.92 Å². The molecular formula is C11H10Cl2N4O4. The predicted octanol–water partition coefficient (Wildman–Crippen LogP) is 3.39. The van der Waals surface area contributed by atoms with Gasteiger partial charge in [0, 0.05) is 23.9 Å². The van der Waals surface area contributed by atoms with Gasteiger partial charge >= 0.3 is 0 Å². The van der Waals surface area contributed by atoms with E-state index in [0.29, 0.717) is 5.69 Å². The zero-order valence-electron chi connectivity index (χ0n) is 10.7. The lowest BCUT2D eigenvalue weighted by molar-refractivity contribution is -0.384. The summed E-state index contributed by atoms with van der Waals surface area (Å²) in [6.45, 7) is 1.88. The molecule has 1 aromatic carbocycles. The minimum absolute atomic E-state index is 0.0749. The third-order valence-electron chi connectivity index (χ3n) is 2.07. The second kappa shape index (κ2) is 8.18. The van der Waals surface area contributed by atoms with Gasteiger partial charge in [-0.05, 0) is 19.1 Å². The Morgan fingerprint density at radius 3 is 2.52 bits per heavy atom. The number of nitro groups is 1. The van der Waals surface area contributed by atoms with Crippen LogP contribution in [0.4, 0.5) is 11.4 Å². The van der Waals surface area contributed by atoms with Gasteiger partial charge in [0.05, 0.1) is 17.2 Å². The zero-order valence-corrected chi connectivity index (χ0v) is 12.3. The summed E-state index contributed by atoms with van der Waals surface area (Å²) in [6, 6.07) is 5.32. The van der Waals surface area contributed by atoms with E-state index in [-0.39, 0.29) is 23.2 Å². The fourth-order valence-electron chi connectivity index (χ4n) is 1.16. The summed E-state index contributed by atoms with van der Waals surface area (Å²) in [6.07, 6.45) is 0. The van der Waals surface area contributed by atoms with E-state index in [1.807, 2.05) is 4.84 Å². The first-order valence-corrected chi connectivity index (χ1v) is 6.35. The Morgan fingerprint density at radius 2 is 2.05 bits per heavy atom. The van der Waals surface area contributed by atoms with Crippen molar-refractivity contribution in [3.05, 3.63) is 45.3 Å². The molecule has 112 valence electrons. The average Bonchev–Trinajstić information content (AvgIpc) is 2.50. The molecule has 0 fully saturated rings. The first kappa shape index (κ1) is 16.9. The number of non-ortho nitro benzene ring substituents is 1. The second-order valence-electron chi connectivity index (χ2n) is 3.45. The van der Waals surface area contributed by atoms with Gasteiger partial charge in [-0.2, -0.15) is 0 Å². The molecule has 10 heteroatoms. The number of hydrogen-bond acceptors (Lipinski definition) is 6. The van der Waals surface area contributed by atoms with E-state index in [1.165, 1.54) is 24.3 Å². The molecule has 0 unspecified atom stereocenters. The van der Waals surface area contributed by atoms with Crippen LogP contribution in [0.1, 0.15) is 6.92 Å². The molecule has 21 heavy (non-hydrogen) atoms. The molecular weight excluding hydrogens is 323 g/mol. The van der Waals surface area contributed by atoms with Gasteiger partial charge in [-0.25, -0.2) is 0 Å². The lowest BCUT2D eigenvalue weighted by Gasteiger charge is -2.04. The summed E-state index contributed by atoms with van der Waals surface area (Å²) < 4.78 is 5.07. The molecule has 0 aliphatic carbocycles. The molecule has 0 aliphatic heterocycles. The van der Waals surface area contributed by atoms with Crippen LogP contribution in [0.2, 0.25) is 0 Å². The second-order valence-corrected chi connectivity index (χ2v) is 4.02. The maximum absolute atomic E-state index is 11.3. The Kier molecular flexibility index (Phi) is 6.57. The van der Waals surface area contributed by atoms with E-state index in [0.717, 1.165) is 0 Å². The highest BCUT2D eigenvalue weighted by Crippen LogP contribution is 2.21. The molecule has 8 nitrogen and oxygen atoms in total. The number of carbonyl (C=O) groups excluding carboxylic acids is 1. The van der Waals surface area contributed by atoms with E-state index < -0.39 is 10.8 Å². The Hall–Kier alpha value is -2.19. The third-order valence-corrected chi connectivity index (χ3v) is 2.58. The number of halogens is 2. The summed E-state index contributed by atoms with van der Waals surface area (Å²) >= 11 is 10.9. The summed E-state index contributed by atoms with van der Waals surface area (Å²) in [4.78, 5) is 23.1. The molecule has 0 aliphatic rings. The number of azo groups is 1. The van der Waals surface area contributed by atoms with Gasteiger partial charge in [-0.3, -0.25) is 19.7 Å². The molecule has 1 rings (SSSR count). The van der Waals surface area contributed by atoms with E-state index in [4.69, 9.17) is 28.1 Å². The average molecular weight is 333 g/mol. The highest BCUT2D eigenvalue weighted by atomic mass is 35.5. The minimum atomic E-state index is -0.788. The van der Waals surface area contributed by atoms with Crippen molar-refractivity contribution in [2.75, 3.05) is 6.61 Å². The fourth-order valence-corrected chi connectivity index (χ4v) is 1.44. The Morgan fingerprint density at radius 1 is 1.43 bits per heavy atom. The van der Waals surface area contributed by atoms with Crippen LogP contribution in [-0.4, -0.2) is 17.4 Å². The lowest BCUT2D eigenvalue weighted by atomic mass is 10.3. The number of amides is 1. The van der Waals surface area contributed by atoms with Gasteiger partial charge in [0.25, 0.3) is 17.5 Å². The predicted molar refractivity (Wildman–Crippen MR) is 76.1 cm³/mol. The molecule has 0 saturated carbocycles. The van der Waals surface area contributed by atoms with Crippen molar-refractivity contribution in [3.8, 4) is 0 Å². The van der Waals surface area contributed by atoms with Crippen LogP contribution in [0.3, 0.4) is 0 Å². The van der Waals surface area contributed by atoms with Crippen LogP contribution < -0.4 is 4.84 Å². The van der Waals surface area contributed by atoms with Crippen molar-refractivity contribution in [1.29, 1.82) is 0 Å². The normalized spacial score (nSPS) is 12.0. The third kappa shape index (κ3) is 5.01. The van der Waals surface area contributed by atoms with Crippen molar-refractivity contribution >= 4 is 40.7 Å². The van der Waals surface area contributed by atoms with E-state index in [1.54, 1.807) is 6.92 Å². The SMILES string of the molecule is CCO/C(N=Nc1ccc([N+](=O)[O-])cc1)=C(\Cl)C(=O)NCl. The van der Waals surface area contributed by atoms with Crippen LogP contribution in [0.25, 0.3) is 0 Å². The van der Waals surface area contributed by atoms with Crippen LogP contribution >= 0.6 is 23.4 Å². The Balaban J connectivity index is 2.98. The van der Waals surface area contributed by atoms with Gasteiger partial charge in [-0.15, -0.1) is 10.2 Å². The zero-order chi connectivity index (χ0) is 15.8. The largest absolute Gasteiger partial charge is 0.476 e. The van der Waals surface area contributed by atoms with Gasteiger partial charge in [0.15, 0.2) is 5.03 Å². The molecule has 0 bridgehead atoms. The van der Waals surface area contributed by atoms with Crippen molar-refractivity contribution < 1.29 is 14.5 Å². The first-order chi connectivity index (χ1) is 9.99. The lowest BCUT2D eigenvalue weighted by Crippen LogP contribution is -2.14.